The molecule has 0 amide bonds. The number of nitrogens with zero attached hydrogens (tertiary/aromatic N) is 1. The second-order valence-electron chi connectivity index (χ2n) is 4.88. The summed E-state index contributed by atoms with van der Waals surface area (Å²) in [6.07, 6.45) is 3.07. The van der Waals surface area contributed by atoms with Gasteiger partial charge in [0.15, 0.2) is 5.58 Å². The normalized spacial score (nSPS) is 11.6. The maximum atomic E-state index is 11.7. The minimum Gasteiger partial charge on any atom is -0.408 e. The summed E-state index contributed by atoms with van der Waals surface area (Å²) in [6, 6.07) is 6.11. The number of hydrogen-bond donors (Lipinski definition) is 1. The number of aryl methyl sites for hydroxylation is 1. The zero-order valence-corrected chi connectivity index (χ0v) is 11.0. The zero-order chi connectivity index (χ0) is 13.1. The van der Waals surface area contributed by atoms with Crippen molar-refractivity contribution in [3.05, 3.63) is 34.3 Å². The standard InChI is InChI=1S/C14H20N2O2/c1-10(2)16-12-7-6-11(5-3-4-8-15)9-13(12)18-14(16)17/h6-7,9-10H,3-5,8,15H2,1-2H3. The van der Waals surface area contributed by atoms with Crippen LogP contribution in [0, 0.1) is 0 Å². The van der Waals surface area contributed by atoms with Crippen molar-refractivity contribution in [2.45, 2.75) is 39.2 Å². The summed E-state index contributed by atoms with van der Waals surface area (Å²) in [5.41, 5.74) is 8.22. The highest BCUT2D eigenvalue weighted by Gasteiger charge is 2.11. The van der Waals surface area contributed by atoms with Gasteiger partial charge in [-0.25, -0.2) is 4.79 Å². The summed E-state index contributed by atoms with van der Waals surface area (Å²) in [4.78, 5) is 11.7. The predicted octanol–water partition coefficient (Wildman–Crippen LogP) is 2.46. The van der Waals surface area contributed by atoms with Gasteiger partial charge in [0.25, 0.3) is 0 Å². The van der Waals surface area contributed by atoms with Crippen LogP contribution in [-0.2, 0) is 6.42 Å². The maximum Gasteiger partial charge on any atom is 0.420 e. The number of fused-ring (bicyclic) bond motifs is 1. The monoisotopic (exact) mass is 248 g/mol. The van der Waals surface area contributed by atoms with Gasteiger partial charge in [0.1, 0.15) is 0 Å². The van der Waals surface area contributed by atoms with Gasteiger partial charge < -0.3 is 10.2 Å². The minimum absolute atomic E-state index is 0.113. The van der Waals surface area contributed by atoms with Gasteiger partial charge >= 0.3 is 5.76 Å². The SMILES string of the molecule is CC(C)n1c(=O)oc2cc(CCCCN)ccc21. The molecule has 1 aromatic heterocycles. The fraction of sp³-hybridized carbons (Fsp3) is 0.500. The first kappa shape index (κ1) is 12.9. The van der Waals surface area contributed by atoms with E-state index in [4.69, 9.17) is 10.2 Å². The molecule has 0 aliphatic rings. The molecule has 4 heteroatoms. The van der Waals surface area contributed by atoms with Crippen LogP contribution in [-0.4, -0.2) is 11.1 Å². The van der Waals surface area contributed by atoms with Crippen molar-refractivity contribution in [3.8, 4) is 0 Å². The van der Waals surface area contributed by atoms with Crippen LogP contribution in [0.5, 0.6) is 0 Å². The Labute approximate surface area is 106 Å². The van der Waals surface area contributed by atoms with Gasteiger partial charge in [-0.05, 0) is 57.4 Å². The van der Waals surface area contributed by atoms with Crippen LogP contribution in [0.1, 0.15) is 38.3 Å². The second kappa shape index (κ2) is 5.40. The van der Waals surface area contributed by atoms with Crippen molar-refractivity contribution >= 4 is 11.1 Å². The Balaban J connectivity index is 2.33. The second-order valence-corrected chi connectivity index (χ2v) is 4.88. The minimum atomic E-state index is -0.279. The Morgan fingerprint density at radius 2 is 2.11 bits per heavy atom. The lowest BCUT2D eigenvalue weighted by Crippen LogP contribution is -2.15. The fourth-order valence-corrected chi connectivity index (χ4v) is 2.20. The summed E-state index contributed by atoms with van der Waals surface area (Å²) in [5, 5.41) is 0. The molecule has 18 heavy (non-hydrogen) atoms. The van der Waals surface area contributed by atoms with E-state index >= 15 is 0 Å². The van der Waals surface area contributed by atoms with Gasteiger partial charge in [-0.1, -0.05) is 6.07 Å². The van der Waals surface area contributed by atoms with E-state index in [1.165, 1.54) is 5.56 Å². The van der Waals surface area contributed by atoms with Crippen LogP contribution in [0.4, 0.5) is 0 Å². The first-order valence-electron chi connectivity index (χ1n) is 6.47. The number of benzene rings is 1. The summed E-state index contributed by atoms with van der Waals surface area (Å²) < 4.78 is 6.97. The maximum absolute atomic E-state index is 11.7. The van der Waals surface area contributed by atoms with Crippen molar-refractivity contribution < 1.29 is 4.42 Å². The van der Waals surface area contributed by atoms with Gasteiger partial charge in [0.05, 0.1) is 5.52 Å². The Kier molecular flexibility index (Phi) is 3.87. The summed E-state index contributed by atoms with van der Waals surface area (Å²) in [5.74, 6) is -0.279. The molecule has 0 saturated carbocycles. The van der Waals surface area contributed by atoms with Crippen LogP contribution in [0.25, 0.3) is 11.1 Å². The molecule has 0 atom stereocenters. The van der Waals surface area contributed by atoms with Crippen LogP contribution in [0.3, 0.4) is 0 Å². The smallest absolute Gasteiger partial charge is 0.408 e. The molecule has 98 valence electrons. The van der Waals surface area contributed by atoms with Crippen molar-refractivity contribution in [2.75, 3.05) is 6.54 Å². The first-order valence-corrected chi connectivity index (χ1v) is 6.47. The average Bonchev–Trinajstić information content (AvgIpc) is 2.64. The van der Waals surface area contributed by atoms with Crippen molar-refractivity contribution in [2.24, 2.45) is 5.73 Å². The molecule has 0 aliphatic carbocycles. The molecule has 0 saturated heterocycles. The van der Waals surface area contributed by atoms with Gasteiger partial charge in [0, 0.05) is 6.04 Å². The lowest BCUT2D eigenvalue weighted by Gasteiger charge is -2.05. The third kappa shape index (κ3) is 2.48. The quantitative estimate of drug-likeness (QED) is 0.827. The molecule has 1 aromatic carbocycles. The highest BCUT2D eigenvalue weighted by atomic mass is 16.4. The third-order valence-electron chi connectivity index (χ3n) is 3.11. The Morgan fingerprint density at radius 3 is 2.78 bits per heavy atom. The van der Waals surface area contributed by atoms with Crippen molar-refractivity contribution in [3.63, 3.8) is 0 Å². The van der Waals surface area contributed by atoms with Crippen LogP contribution < -0.4 is 11.5 Å². The van der Waals surface area contributed by atoms with Crippen molar-refractivity contribution in [1.82, 2.24) is 4.57 Å². The van der Waals surface area contributed by atoms with Gasteiger partial charge in [-0.15, -0.1) is 0 Å². The largest absolute Gasteiger partial charge is 0.420 e. The molecule has 0 radical (unpaired) electrons. The Hall–Kier alpha value is -1.55. The molecule has 2 rings (SSSR count). The molecule has 0 aliphatic heterocycles. The third-order valence-corrected chi connectivity index (χ3v) is 3.11. The molecule has 2 aromatic rings. The van der Waals surface area contributed by atoms with E-state index in [1.807, 2.05) is 26.0 Å². The Morgan fingerprint density at radius 1 is 1.33 bits per heavy atom. The number of rotatable bonds is 5. The lowest BCUT2D eigenvalue weighted by molar-refractivity contribution is 0.478. The summed E-state index contributed by atoms with van der Waals surface area (Å²) in [6.45, 7) is 4.68. The van der Waals surface area contributed by atoms with Crippen molar-refractivity contribution in [1.29, 1.82) is 0 Å². The molecule has 0 fully saturated rings. The van der Waals surface area contributed by atoms with Crippen LogP contribution >= 0.6 is 0 Å². The highest BCUT2D eigenvalue weighted by molar-refractivity contribution is 5.73. The molecule has 4 nitrogen and oxygen atoms in total. The van der Waals surface area contributed by atoms with E-state index in [9.17, 15) is 4.79 Å². The number of oxazole rings is 1. The van der Waals surface area contributed by atoms with E-state index in [-0.39, 0.29) is 11.8 Å². The first-order chi connectivity index (χ1) is 8.63. The van der Waals surface area contributed by atoms with E-state index in [1.54, 1.807) is 4.57 Å². The molecular formula is C14H20N2O2. The number of nitrogens with two attached hydrogens (primary N) is 1. The predicted molar refractivity (Wildman–Crippen MR) is 72.9 cm³/mol. The van der Waals surface area contributed by atoms with Crippen LogP contribution in [0.2, 0.25) is 0 Å². The average molecular weight is 248 g/mol. The summed E-state index contributed by atoms with van der Waals surface area (Å²) in [7, 11) is 0. The zero-order valence-electron chi connectivity index (χ0n) is 11.0. The lowest BCUT2D eigenvalue weighted by atomic mass is 10.1. The van der Waals surface area contributed by atoms with Gasteiger partial charge in [0.2, 0.25) is 0 Å². The van der Waals surface area contributed by atoms with Gasteiger partial charge in [-0.3, -0.25) is 4.57 Å². The molecule has 0 bridgehead atoms. The Bertz CT molecular complexity index is 581. The molecule has 1 heterocycles. The molecular weight excluding hydrogens is 228 g/mol. The summed E-state index contributed by atoms with van der Waals surface area (Å²) >= 11 is 0. The van der Waals surface area contributed by atoms with E-state index in [0.717, 1.165) is 31.3 Å². The number of unbranched alkanes of at least 4 members (excludes halogenated alkanes) is 1. The topological polar surface area (TPSA) is 61.2 Å². The van der Waals surface area contributed by atoms with E-state index in [2.05, 4.69) is 6.07 Å². The number of hydrogen-bond acceptors (Lipinski definition) is 3. The fourth-order valence-electron chi connectivity index (χ4n) is 2.20. The highest BCUT2D eigenvalue weighted by Crippen LogP contribution is 2.19. The molecule has 0 unspecified atom stereocenters. The van der Waals surface area contributed by atoms with Crippen LogP contribution in [0.15, 0.2) is 27.4 Å². The van der Waals surface area contributed by atoms with Gasteiger partial charge in [-0.2, -0.15) is 0 Å². The number of aromatic nitrogens is 1. The molecule has 0 spiro atoms. The van der Waals surface area contributed by atoms with E-state index < -0.39 is 0 Å². The van der Waals surface area contributed by atoms with E-state index in [0.29, 0.717) is 5.58 Å². The molecule has 2 N–H and O–H groups in total.